The lowest BCUT2D eigenvalue weighted by Gasteiger charge is -2.37. The zero-order chi connectivity index (χ0) is 44.7. The van der Waals surface area contributed by atoms with E-state index >= 15 is 0 Å². The molecule has 2 saturated heterocycles. The molecule has 1 unspecified atom stereocenters. The number of hydrogen-bond donors (Lipinski definition) is 6. The number of carbonyl (C=O) groups is 3. The number of benzene rings is 2. The highest BCUT2D eigenvalue weighted by Gasteiger charge is 2.28. The van der Waals surface area contributed by atoms with Crippen molar-refractivity contribution in [2.75, 3.05) is 64.3 Å². The number of nitrogens with two attached hydrogens (primary N) is 3. The van der Waals surface area contributed by atoms with Crippen LogP contribution in [-0.2, 0) is 9.59 Å². The van der Waals surface area contributed by atoms with Crippen molar-refractivity contribution in [3.8, 4) is 5.75 Å². The van der Waals surface area contributed by atoms with Crippen molar-refractivity contribution in [2.45, 2.75) is 83.0 Å². The van der Waals surface area contributed by atoms with Crippen LogP contribution < -0.4 is 27.4 Å². The lowest BCUT2D eigenvalue weighted by atomic mass is 9.89. The highest BCUT2D eigenvalue weighted by atomic mass is 16.3. The Morgan fingerprint density at radius 1 is 0.889 bits per heavy atom. The number of H-pyrrole nitrogens is 1. The Balaban J connectivity index is 0.000000246. The number of nitrogens with zero attached hydrogens (tertiary/aromatic N) is 5. The first-order chi connectivity index (χ1) is 30.6. The van der Waals surface area contributed by atoms with Gasteiger partial charge in [0.15, 0.2) is 0 Å². The number of aromatic hydroxyl groups is 1. The molecule has 0 radical (unpaired) electrons. The van der Waals surface area contributed by atoms with E-state index in [1.165, 1.54) is 73.7 Å². The molecule has 2 aromatic heterocycles. The van der Waals surface area contributed by atoms with Crippen LogP contribution in [0.1, 0.15) is 110 Å². The number of fused-ring (bicyclic) bond motifs is 1. The molecule has 63 heavy (non-hydrogen) atoms. The van der Waals surface area contributed by atoms with Crippen LogP contribution in [0.5, 0.6) is 5.75 Å². The zero-order valence-corrected chi connectivity index (χ0v) is 37.2. The number of anilines is 1. The minimum Gasteiger partial charge on any atom is -0.507 e. The van der Waals surface area contributed by atoms with Crippen molar-refractivity contribution in [3.05, 3.63) is 107 Å². The molecular formula is C49H68N10O4. The van der Waals surface area contributed by atoms with Crippen LogP contribution >= 0.6 is 0 Å². The van der Waals surface area contributed by atoms with Gasteiger partial charge in [-0.25, -0.2) is 4.98 Å². The molecule has 14 nitrogen and oxygen atoms in total. The third kappa shape index (κ3) is 12.8. The predicted molar refractivity (Wildman–Crippen MR) is 251 cm³/mol. The first-order valence-electron chi connectivity index (χ1n) is 22.8. The molecular weight excluding hydrogens is 793 g/mol. The Bertz CT molecular complexity index is 2160. The largest absolute Gasteiger partial charge is 0.507 e. The summed E-state index contributed by atoms with van der Waals surface area (Å²) >= 11 is 0. The summed E-state index contributed by atoms with van der Waals surface area (Å²) in [6, 6.07) is 17.4. The van der Waals surface area contributed by atoms with Gasteiger partial charge in [-0.15, -0.1) is 0 Å². The van der Waals surface area contributed by atoms with E-state index in [2.05, 4.69) is 63.0 Å². The Morgan fingerprint density at radius 2 is 1.60 bits per heavy atom. The van der Waals surface area contributed by atoms with E-state index in [0.29, 0.717) is 29.8 Å². The average Bonchev–Trinajstić information content (AvgIpc) is 4.07. The maximum Gasteiger partial charge on any atom is 0.253 e. The number of amides is 3. The van der Waals surface area contributed by atoms with Crippen LogP contribution in [0.15, 0.2) is 84.6 Å². The van der Waals surface area contributed by atoms with E-state index in [1.807, 2.05) is 29.3 Å². The lowest BCUT2D eigenvalue weighted by molar-refractivity contribution is -0.117. The first-order valence-corrected chi connectivity index (χ1v) is 22.8. The van der Waals surface area contributed by atoms with E-state index in [1.54, 1.807) is 29.6 Å². The molecule has 8 rings (SSSR count). The van der Waals surface area contributed by atoms with E-state index in [9.17, 15) is 9.90 Å². The molecule has 4 fully saturated rings. The minimum absolute atomic E-state index is 0.115. The third-order valence-corrected chi connectivity index (χ3v) is 12.8. The summed E-state index contributed by atoms with van der Waals surface area (Å²) in [5, 5.41) is 13.3. The van der Waals surface area contributed by atoms with E-state index < -0.39 is 0 Å². The number of piperidine rings is 1. The van der Waals surface area contributed by atoms with Gasteiger partial charge in [-0.1, -0.05) is 50.5 Å². The smallest absolute Gasteiger partial charge is 0.253 e. The van der Waals surface area contributed by atoms with Crippen LogP contribution in [0.2, 0.25) is 0 Å². The fourth-order valence-electron chi connectivity index (χ4n) is 9.16. The van der Waals surface area contributed by atoms with Crippen molar-refractivity contribution < 1.29 is 19.5 Å². The molecule has 3 amide bonds. The van der Waals surface area contributed by atoms with Gasteiger partial charge in [-0.3, -0.25) is 19.3 Å². The monoisotopic (exact) mass is 861 g/mol. The van der Waals surface area contributed by atoms with Crippen molar-refractivity contribution in [1.82, 2.24) is 30.0 Å². The van der Waals surface area contributed by atoms with E-state index in [-0.39, 0.29) is 23.4 Å². The Hall–Kier alpha value is -6.02. The zero-order valence-electron chi connectivity index (χ0n) is 37.2. The molecule has 2 saturated carbocycles. The third-order valence-electron chi connectivity index (χ3n) is 12.8. The van der Waals surface area contributed by atoms with Crippen molar-refractivity contribution in [3.63, 3.8) is 0 Å². The number of piperazine rings is 1. The van der Waals surface area contributed by atoms with Crippen LogP contribution in [0.3, 0.4) is 0 Å². The van der Waals surface area contributed by atoms with Gasteiger partial charge in [0.1, 0.15) is 17.2 Å². The van der Waals surface area contributed by atoms with Gasteiger partial charge in [-0.05, 0) is 104 Å². The number of pyridine rings is 1. The molecule has 4 aliphatic rings. The fraction of sp³-hybridized carbons (Fsp3) is 0.469. The maximum absolute atomic E-state index is 13.3. The fourth-order valence-corrected chi connectivity index (χ4v) is 9.16. The topological polar surface area (TPSA) is 203 Å². The van der Waals surface area contributed by atoms with Crippen LogP contribution in [0.4, 0.5) is 5.69 Å². The second-order valence-corrected chi connectivity index (χ2v) is 17.4. The number of phenols is 1. The number of aromatic nitrogens is 2. The number of likely N-dealkylation sites (tertiary alicyclic amines) is 1. The number of hydrogen-bond acceptors (Lipinski definition) is 11. The number of phenolic OH excluding ortho intramolecular Hbond substituents is 1. The quantitative estimate of drug-likeness (QED) is 0.0663. The first kappa shape index (κ1) is 46.5. The number of imide groups is 1. The summed E-state index contributed by atoms with van der Waals surface area (Å²) < 4.78 is 0. The molecule has 1 atom stereocenters. The summed E-state index contributed by atoms with van der Waals surface area (Å²) in [6.07, 6.45) is 19.2. The summed E-state index contributed by atoms with van der Waals surface area (Å²) in [6.45, 7) is 9.59. The molecule has 14 heteroatoms. The number of para-hydroxylation sites is 1. The SMILES string of the molecule is CCCN(C)c1cnc2[nH]cc(C3CC3)c2c1.NC(N)=C(/C=C(\N)c1ccccc1O)N1CCCC(c2ccc(C(=O)N3CCN(CC4CCCCC4)CC3)cc2)C1.O=CNC=O. The highest BCUT2D eigenvalue weighted by Crippen LogP contribution is 2.43. The molecule has 2 aromatic carbocycles. The number of aromatic amines is 1. The second kappa shape index (κ2) is 22.9. The van der Waals surface area contributed by atoms with Gasteiger partial charge in [-0.2, -0.15) is 0 Å². The van der Waals surface area contributed by atoms with Crippen LogP contribution in [-0.4, -0.2) is 108 Å². The molecule has 9 N–H and O–H groups in total. The highest BCUT2D eigenvalue weighted by molar-refractivity contribution is 5.94. The van der Waals surface area contributed by atoms with Crippen molar-refractivity contribution in [1.29, 1.82) is 0 Å². The summed E-state index contributed by atoms with van der Waals surface area (Å²) in [4.78, 5) is 48.2. The number of carbonyl (C=O) groups excluding carboxylic acids is 3. The van der Waals surface area contributed by atoms with E-state index in [4.69, 9.17) is 26.8 Å². The van der Waals surface area contributed by atoms with Crippen LogP contribution in [0, 0.1) is 5.92 Å². The number of rotatable bonds is 13. The van der Waals surface area contributed by atoms with Crippen LogP contribution in [0.25, 0.3) is 16.7 Å². The number of nitrogens with one attached hydrogen (secondary N) is 2. The summed E-state index contributed by atoms with van der Waals surface area (Å²) in [5.41, 5.74) is 25.8. The Labute approximate surface area is 372 Å². The Morgan fingerprint density at radius 3 is 2.24 bits per heavy atom. The van der Waals surface area contributed by atoms with Crippen molar-refractivity contribution in [2.24, 2.45) is 23.1 Å². The summed E-state index contributed by atoms with van der Waals surface area (Å²) in [7, 11) is 2.13. The molecule has 4 heterocycles. The minimum atomic E-state index is 0.115. The summed E-state index contributed by atoms with van der Waals surface area (Å²) in [5.74, 6) is 2.34. The van der Waals surface area contributed by atoms with Gasteiger partial charge in [0, 0.05) is 93.7 Å². The normalized spacial score (nSPS) is 18.3. The standard InChI is InChI=1S/C33H46N6O2.C14H19N3.C2H3NO2/c34-29(28-10-4-5-11-31(28)40)21-30(32(35)36)39-16-6-9-27(23-39)25-12-14-26(15-13-25)33(41)38-19-17-37(18-20-38)22-24-7-2-1-3-8-24;1-3-6-17(2)11-7-12-13(10-4-5-10)9-16-14(12)15-8-11;4-1-3-2-5/h4-5,10-15,21,24,27,40H,1-3,6-9,16-20,22-23,34-36H2;7-10H,3-6H2,1-2H3,(H,15,16);1-2H,(H,3,4,5)/b29-21-;;. The van der Waals surface area contributed by atoms with Gasteiger partial charge in [0.05, 0.1) is 17.6 Å². The maximum atomic E-state index is 13.3. The Kier molecular flexibility index (Phi) is 16.9. The van der Waals surface area contributed by atoms with Gasteiger partial charge >= 0.3 is 0 Å². The van der Waals surface area contributed by atoms with Gasteiger partial charge < -0.3 is 47.3 Å². The number of allylic oxidation sites excluding steroid dienone is 1. The molecule has 2 aliphatic heterocycles. The van der Waals surface area contributed by atoms with Crippen molar-refractivity contribution >= 4 is 41.1 Å². The molecule has 0 bridgehead atoms. The average molecular weight is 861 g/mol. The molecule has 2 aliphatic carbocycles. The van der Waals surface area contributed by atoms with E-state index in [0.717, 1.165) is 88.1 Å². The second-order valence-electron chi connectivity index (χ2n) is 17.4. The lowest BCUT2D eigenvalue weighted by Crippen LogP contribution is -2.49. The van der Waals surface area contributed by atoms with Gasteiger partial charge in [0.25, 0.3) is 5.91 Å². The van der Waals surface area contributed by atoms with Gasteiger partial charge in [0.2, 0.25) is 12.8 Å². The molecule has 4 aromatic rings. The molecule has 0 spiro atoms. The predicted octanol–water partition coefficient (Wildman–Crippen LogP) is 6.17. The molecule has 338 valence electrons.